The molecule has 0 atom stereocenters. The molecule has 0 unspecified atom stereocenters. The molecule has 0 aliphatic heterocycles. The number of ether oxygens (including phenoxy) is 1. The van der Waals surface area contributed by atoms with Crippen LogP contribution < -0.4 is 15.8 Å². The number of rotatable bonds is 4. The first-order valence-corrected chi connectivity index (χ1v) is 6.04. The molecule has 102 valence electrons. The number of nitrogens with two attached hydrogens (primary N) is 1. The number of primary amides is 1. The summed E-state index contributed by atoms with van der Waals surface area (Å²) in [6, 6.07) is 15.6. The van der Waals surface area contributed by atoms with Gasteiger partial charge in [-0.3, -0.25) is 10.1 Å². The van der Waals surface area contributed by atoms with Crippen molar-refractivity contribution < 1.29 is 14.3 Å². The molecule has 0 saturated carbocycles. The van der Waals surface area contributed by atoms with E-state index in [-0.39, 0.29) is 6.42 Å². The summed E-state index contributed by atoms with van der Waals surface area (Å²) in [7, 11) is 0. The van der Waals surface area contributed by atoms with E-state index in [0.717, 1.165) is 5.56 Å². The lowest BCUT2D eigenvalue weighted by atomic mass is 10.1. The number of nitrogens with one attached hydrogen (secondary N) is 1. The maximum atomic E-state index is 11.6. The van der Waals surface area contributed by atoms with E-state index in [4.69, 9.17) is 10.5 Å². The quantitative estimate of drug-likeness (QED) is 0.894. The molecule has 0 aromatic heterocycles. The van der Waals surface area contributed by atoms with Gasteiger partial charge >= 0.3 is 6.09 Å². The summed E-state index contributed by atoms with van der Waals surface area (Å²) in [5.41, 5.74) is 6.47. The molecule has 0 fully saturated rings. The molecule has 2 rings (SSSR count). The monoisotopic (exact) mass is 270 g/mol. The van der Waals surface area contributed by atoms with E-state index in [1.54, 1.807) is 48.5 Å². The van der Waals surface area contributed by atoms with Gasteiger partial charge in [0, 0.05) is 5.69 Å². The number of amides is 2. The van der Waals surface area contributed by atoms with E-state index >= 15 is 0 Å². The van der Waals surface area contributed by atoms with Crippen LogP contribution in [0.1, 0.15) is 5.56 Å². The second-order valence-corrected chi connectivity index (χ2v) is 4.17. The standard InChI is InChI=1S/C15H14N2O3/c16-14(18)10-11-6-8-12(9-7-11)17-15(19)20-13-4-2-1-3-5-13/h1-9H,10H2,(H2,16,18)(H,17,19). The lowest BCUT2D eigenvalue weighted by molar-refractivity contribution is -0.117. The van der Waals surface area contributed by atoms with Gasteiger partial charge in [0.25, 0.3) is 0 Å². The van der Waals surface area contributed by atoms with Crippen molar-refractivity contribution in [1.29, 1.82) is 0 Å². The van der Waals surface area contributed by atoms with Crippen LogP contribution >= 0.6 is 0 Å². The molecular formula is C15H14N2O3. The normalized spacial score (nSPS) is 9.80. The molecule has 2 amide bonds. The topological polar surface area (TPSA) is 81.4 Å². The van der Waals surface area contributed by atoms with E-state index < -0.39 is 12.0 Å². The first-order chi connectivity index (χ1) is 9.63. The van der Waals surface area contributed by atoms with Gasteiger partial charge in [0.05, 0.1) is 6.42 Å². The zero-order chi connectivity index (χ0) is 14.4. The van der Waals surface area contributed by atoms with Crippen LogP contribution in [0.25, 0.3) is 0 Å². The van der Waals surface area contributed by atoms with Crippen molar-refractivity contribution in [3.8, 4) is 5.75 Å². The zero-order valence-electron chi connectivity index (χ0n) is 10.7. The maximum absolute atomic E-state index is 11.6. The van der Waals surface area contributed by atoms with E-state index in [1.807, 2.05) is 6.07 Å². The highest BCUT2D eigenvalue weighted by Crippen LogP contribution is 2.12. The van der Waals surface area contributed by atoms with Crippen LogP contribution in [-0.4, -0.2) is 12.0 Å². The van der Waals surface area contributed by atoms with Gasteiger partial charge in [-0.15, -0.1) is 0 Å². The van der Waals surface area contributed by atoms with Gasteiger partial charge in [-0.25, -0.2) is 4.79 Å². The van der Waals surface area contributed by atoms with Gasteiger partial charge < -0.3 is 10.5 Å². The minimum absolute atomic E-state index is 0.175. The molecule has 0 aliphatic carbocycles. The third-order valence-electron chi connectivity index (χ3n) is 2.53. The second-order valence-electron chi connectivity index (χ2n) is 4.17. The molecule has 0 radical (unpaired) electrons. The van der Waals surface area contributed by atoms with Crippen LogP contribution in [0.3, 0.4) is 0 Å². The highest BCUT2D eigenvalue weighted by molar-refractivity contribution is 5.86. The third kappa shape index (κ3) is 4.13. The maximum Gasteiger partial charge on any atom is 0.417 e. The van der Waals surface area contributed by atoms with Gasteiger partial charge in [0.1, 0.15) is 5.75 Å². The first-order valence-electron chi connectivity index (χ1n) is 6.04. The van der Waals surface area contributed by atoms with Crippen LogP contribution in [0.15, 0.2) is 54.6 Å². The Bertz CT molecular complexity index is 594. The van der Waals surface area contributed by atoms with Crippen molar-refractivity contribution in [3.63, 3.8) is 0 Å². The van der Waals surface area contributed by atoms with Gasteiger partial charge in [0.15, 0.2) is 0 Å². The van der Waals surface area contributed by atoms with Crippen molar-refractivity contribution in [2.75, 3.05) is 5.32 Å². The first kappa shape index (κ1) is 13.6. The van der Waals surface area contributed by atoms with Crippen LogP contribution in [0, 0.1) is 0 Å². The number of para-hydroxylation sites is 1. The molecule has 3 N–H and O–H groups in total. The summed E-state index contributed by atoms with van der Waals surface area (Å²) < 4.78 is 5.09. The summed E-state index contributed by atoms with van der Waals surface area (Å²) in [6.45, 7) is 0. The molecule has 5 heteroatoms. The Morgan fingerprint density at radius 2 is 1.65 bits per heavy atom. The number of benzene rings is 2. The van der Waals surface area contributed by atoms with Crippen molar-refractivity contribution >= 4 is 17.7 Å². The Morgan fingerprint density at radius 3 is 2.25 bits per heavy atom. The number of anilines is 1. The van der Waals surface area contributed by atoms with Crippen LogP contribution in [0.4, 0.5) is 10.5 Å². The second kappa shape index (κ2) is 6.38. The fraction of sp³-hybridized carbons (Fsp3) is 0.0667. The molecule has 2 aromatic rings. The molecule has 0 saturated heterocycles. The fourth-order valence-corrected chi connectivity index (χ4v) is 1.65. The number of hydrogen-bond donors (Lipinski definition) is 2. The summed E-state index contributed by atoms with van der Waals surface area (Å²) in [5.74, 6) is 0.0737. The molecule has 0 bridgehead atoms. The van der Waals surface area contributed by atoms with Gasteiger partial charge in [-0.05, 0) is 29.8 Å². The molecule has 0 spiro atoms. The molecular weight excluding hydrogens is 256 g/mol. The van der Waals surface area contributed by atoms with Gasteiger partial charge in [-0.1, -0.05) is 30.3 Å². The molecule has 0 heterocycles. The van der Waals surface area contributed by atoms with E-state index in [1.165, 1.54) is 0 Å². The minimum Gasteiger partial charge on any atom is -0.410 e. The van der Waals surface area contributed by atoms with Crippen LogP contribution in [0.5, 0.6) is 5.75 Å². The molecule has 20 heavy (non-hydrogen) atoms. The SMILES string of the molecule is NC(=O)Cc1ccc(NC(=O)Oc2ccccc2)cc1. The Hall–Kier alpha value is -2.82. The lowest BCUT2D eigenvalue weighted by Gasteiger charge is -2.07. The largest absolute Gasteiger partial charge is 0.417 e. The zero-order valence-corrected chi connectivity index (χ0v) is 10.7. The Balaban J connectivity index is 1.93. The Labute approximate surface area is 116 Å². The minimum atomic E-state index is -0.571. The fourth-order valence-electron chi connectivity index (χ4n) is 1.65. The average Bonchev–Trinajstić information content (AvgIpc) is 2.41. The Morgan fingerprint density at radius 1 is 1.00 bits per heavy atom. The molecule has 2 aromatic carbocycles. The van der Waals surface area contributed by atoms with Crippen molar-refractivity contribution in [2.45, 2.75) is 6.42 Å². The van der Waals surface area contributed by atoms with E-state index in [9.17, 15) is 9.59 Å². The number of carbonyl (C=O) groups excluding carboxylic acids is 2. The van der Waals surface area contributed by atoms with Crippen LogP contribution in [-0.2, 0) is 11.2 Å². The number of carbonyl (C=O) groups is 2. The molecule has 0 aliphatic rings. The summed E-state index contributed by atoms with van der Waals surface area (Å²) in [6.07, 6.45) is -0.395. The van der Waals surface area contributed by atoms with Crippen molar-refractivity contribution in [1.82, 2.24) is 0 Å². The van der Waals surface area contributed by atoms with Crippen LogP contribution in [0.2, 0.25) is 0 Å². The smallest absolute Gasteiger partial charge is 0.410 e. The average molecular weight is 270 g/mol. The van der Waals surface area contributed by atoms with Crippen molar-refractivity contribution in [3.05, 3.63) is 60.2 Å². The predicted octanol–water partition coefficient (Wildman–Crippen LogP) is 2.33. The van der Waals surface area contributed by atoms with E-state index in [0.29, 0.717) is 11.4 Å². The van der Waals surface area contributed by atoms with Gasteiger partial charge in [0.2, 0.25) is 5.91 Å². The molecule has 5 nitrogen and oxygen atoms in total. The van der Waals surface area contributed by atoms with Crippen molar-refractivity contribution in [2.24, 2.45) is 5.73 Å². The summed E-state index contributed by atoms with van der Waals surface area (Å²) in [4.78, 5) is 22.4. The summed E-state index contributed by atoms with van der Waals surface area (Å²) in [5, 5.41) is 2.59. The number of hydrogen-bond acceptors (Lipinski definition) is 3. The third-order valence-corrected chi connectivity index (χ3v) is 2.53. The lowest BCUT2D eigenvalue weighted by Crippen LogP contribution is -2.17. The highest BCUT2D eigenvalue weighted by atomic mass is 16.6. The van der Waals surface area contributed by atoms with Gasteiger partial charge in [-0.2, -0.15) is 0 Å². The predicted molar refractivity (Wildman–Crippen MR) is 75.4 cm³/mol. The van der Waals surface area contributed by atoms with E-state index in [2.05, 4.69) is 5.32 Å². The highest BCUT2D eigenvalue weighted by Gasteiger charge is 2.05. The Kier molecular flexibility index (Phi) is 4.34. The summed E-state index contributed by atoms with van der Waals surface area (Å²) >= 11 is 0.